The molecule has 1 fully saturated rings. The summed E-state index contributed by atoms with van der Waals surface area (Å²) in [5.74, 6) is -0.745. The smallest absolute Gasteiger partial charge is 0.347 e. The van der Waals surface area contributed by atoms with Crippen molar-refractivity contribution in [3.63, 3.8) is 0 Å². The second-order valence-corrected chi connectivity index (χ2v) is 8.13. The molecule has 0 spiro atoms. The van der Waals surface area contributed by atoms with Crippen LogP contribution in [0.15, 0.2) is 30.5 Å². The number of carbonyl (C=O) groups is 2. The second-order valence-electron chi connectivity index (χ2n) is 7.02. The second kappa shape index (κ2) is 9.27. The number of anilines is 1. The first-order chi connectivity index (χ1) is 13.5. The van der Waals surface area contributed by atoms with E-state index in [0.29, 0.717) is 18.9 Å². The number of benzene rings is 1. The van der Waals surface area contributed by atoms with Gasteiger partial charge in [0, 0.05) is 19.9 Å². The molecule has 0 aliphatic heterocycles. The number of carboxylic acid groups (broad SMARTS) is 1. The summed E-state index contributed by atoms with van der Waals surface area (Å²) in [6, 6.07) is 7.43. The first kappa shape index (κ1) is 20.4. The maximum atomic E-state index is 12.0. The van der Waals surface area contributed by atoms with Crippen LogP contribution in [0.4, 0.5) is 5.69 Å². The normalized spacial score (nSPS) is 15.1. The zero-order valence-electron chi connectivity index (χ0n) is 15.8. The van der Waals surface area contributed by atoms with E-state index in [9.17, 15) is 14.7 Å². The van der Waals surface area contributed by atoms with Crippen LogP contribution in [0.3, 0.4) is 0 Å². The molecular weight excluding hydrogens is 378 g/mol. The Morgan fingerprint density at radius 1 is 1.32 bits per heavy atom. The molecule has 1 atom stereocenters. The number of rotatable bonds is 9. The third-order valence-corrected chi connectivity index (χ3v) is 6.05. The van der Waals surface area contributed by atoms with Gasteiger partial charge in [0.25, 0.3) is 0 Å². The van der Waals surface area contributed by atoms with Crippen molar-refractivity contribution in [1.82, 2.24) is 10.4 Å². The number of nitrogens with zero attached hydrogens (tertiary/aromatic N) is 2. The molecule has 150 valence electrons. The fraction of sp³-hybridized carbons (Fsp3) is 0.450. The summed E-state index contributed by atoms with van der Waals surface area (Å²) in [5.41, 5.74) is 4.72. The number of aromatic carboxylic acids is 1. The summed E-state index contributed by atoms with van der Waals surface area (Å²) in [6.45, 7) is 2.04. The van der Waals surface area contributed by atoms with Gasteiger partial charge in [-0.1, -0.05) is 18.6 Å². The summed E-state index contributed by atoms with van der Waals surface area (Å²) >= 11 is 1.17. The largest absolute Gasteiger partial charge is 0.477 e. The van der Waals surface area contributed by atoms with Crippen LogP contribution in [0.5, 0.6) is 0 Å². The topological polar surface area (TPSA) is 103 Å². The molecule has 1 heterocycles. The van der Waals surface area contributed by atoms with Gasteiger partial charge in [-0.25, -0.2) is 20.2 Å². The van der Waals surface area contributed by atoms with E-state index < -0.39 is 12.1 Å². The number of carbonyl (C=O) groups excluding carboxylic acids is 1. The third-order valence-electron chi connectivity index (χ3n) is 5.01. The van der Waals surface area contributed by atoms with Crippen molar-refractivity contribution in [2.75, 3.05) is 11.6 Å². The number of hydrogen-bond donors (Lipinski definition) is 3. The van der Waals surface area contributed by atoms with E-state index in [2.05, 4.69) is 10.4 Å². The maximum absolute atomic E-state index is 12.0. The van der Waals surface area contributed by atoms with Crippen molar-refractivity contribution < 1.29 is 19.8 Å². The molecule has 28 heavy (non-hydrogen) atoms. The predicted molar refractivity (Wildman–Crippen MR) is 107 cm³/mol. The summed E-state index contributed by atoms with van der Waals surface area (Å²) in [4.78, 5) is 27.2. The Hall–Kier alpha value is -2.29. The molecule has 1 aliphatic rings. The highest BCUT2D eigenvalue weighted by Crippen LogP contribution is 2.37. The van der Waals surface area contributed by atoms with E-state index >= 15 is 0 Å². The van der Waals surface area contributed by atoms with Gasteiger partial charge in [0.05, 0.1) is 23.0 Å². The van der Waals surface area contributed by atoms with Gasteiger partial charge in [0.2, 0.25) is 5.91 Å². The number of aliphatic hydroxyl groups excluding tert-OH is 1. The van der Waals surface area contributed by atoms with Gasteiger partial charge in [0.15, 0.2) is 0 Å². The van der Waals surface area contributed by atoms with Gasteiger partial charge >= 0.3 is 5.97 Å². The SMILES string of the molecule is CC(=O)N(NCCCc1ncc(C(=O)O)s1)c1ccc(C(O)C2CCC2)cc1. The van der Waals surface area contributed by atoms with Crippen molar-refractivity contribution in [2.24, 2.45) is 5.92 Å². The lowest BCUT2D eigenvalue weighted by molar-refractivity contribution is -0.117. The quantitative estimate of drug-likeness (QED) is 0.439. The predicted octanol–water partition coefficient (Wildman–Crippen LogP) is 3.17. The van der Waals surface area contributed by atoms with Crippen molar-refractivity contribution in [3.8, 4) is 0 Å². The molecule has 3 N–H and O–H groups in total. The van der Waals surface area contributed by atoms with Gasteiger partial charge < -0.3 is 10.2 Å². The van der Waals surface area contributed by atoms with Crippen molar-refractivity contribution in [3.05, 3.63) is 45.9 Å². The molecule has 0 saturated heterocycles. The number of thiazole rings is 1. The van der Waals surface area contributed by atoms with Crippen LogP contribution >= 0.6 is 11.3 Å². The van der Waals surface area contributed by atoms with Gasteiger partial charge in [-0.2, -0.15) is 0 Å². The highest BCUT2D eigenvalue weighted by atomic mass is 32.1. The van der Waals surface area contributed by atoms with Crippen molar-refractivity contribution in [2.45, 2.75) is 45.1 Å². The third kappa shape index (κ3) is 4.95. The number of hydrazine groups is 1. The Labute approximate surface area is 168 Å². The minimum atomic E-state index is -0.962. The number of aromatic nitrogens is 1. The number of nitrogens with one attached hydrogen (secondary N) is 1. The monoisotopic (exact) mass is 403 g/mol. The lowest BCUT2D eigenvalue weighted by atomic mass is 9.79. The highest BCUT2D eigenvalue weighted by Gasteiger charge is 2.26. The molecule has 1 amide bonds. The number of carboxylic acids is 1. The zero-order valence-corrected chi connectivity index (χ0v) is 16.6. The van der Waals surface area contributed by atoms with Crippen LogP contribution in [0, 0.1) is 5.92 Å². The lowest BCUT2D eigenvalue weighted by Crippen LogP contribution is -2.42. The Bertz CT molecular complexity index is 817. The van der Waals surface area contributed by atoms with Crippen LogP contribution in [-0.2, 0) is 11.2 Å². The van der Waals surface area contributed by atoms with E-state index in [-0.39, 0.29) is 10.8 Å². The summed E-state index contributed by atoms with van der Waals surface area (Å²) < 4.78 is 0. The average Bonchev–Trinajstić information content (AvgIpc) is 3.09. The maximum Gasteiger partial charge on any atom is 0.347 e. The Balaban J connectivity index is 1.52. The fourth-order valence-corrected chi connectivity index (χ4v) is 3.99. The van der Waals surface area contributed by atoms with E-state index in [1.807, 2.05) is 24.3 Å². The van der Waals surface area contributed by atoms with Gasteiger partial charge in [0.1, 0.15) is 4.88 Å². The van der Waals surface area contributed by atoms with Gasteiger partial charge in [-0.15, -0.1) is 11.3 Å². The summed E-state index contributed by atoms with van der Waals surface area (Å²) in [6.07, 6.45) is 5.61. The van der Waals surface area contributed by atoms with Crippen LogP contribution in [0.25, 0.3) is 0 Å². The van der Waals surface area contributed by atoms with E-state index in [4.69, 9.17) is 5.11 Å². The summed E-state index contributed by atoms with van der Waals surface area (Å²) in [7, 11) is 0. The highest BCUT2D eigenvalue weighted by molar-refractivity contribution is 7.13. The molecule has 1 aromatic heterocycles. The standard InChI is InChI=1S/C20H25N3O4S/c1-13(24)23(22-11-3-6-18-21-12-17(28-18)20(26)27)16-9-7-15(8-10-16)19(25)14-4-2-5-14/h7-10,12,14,19,22,25H,2-6,11H2,1H3,(H,26,27). The van der Waals surface area contributed by atoms with Crippen LogP contribution in [0.2, 0.25) is 0 Å². The van der Waals surface area contributed by atoms with E-state index in [1.54, 1.807) is 0 Å². The van der Waals surface area contributed by atoms with E-state index in [1.165, 1.54) is 35.9 Å². The molecule has 0 radical (unpaired) electrons. The first-order valence-corrected chi connectivity index (χ1v) is 10.3. The Kier molecular flexibility index (Phi) is 6.77. The van der Waals surface area contributed by atoms with Gasteiger partial charge in [-0.05, 0) is 42.9 Å². The Morgan fingerprint density at radius 2 is 2.04 bits per heavy atom. The van der Waals surface area contributed by atoms with Crippen molar-refractivity contribution >= 4 is 28.9 Å². The molecule has 1 aromatic carbocycles. The Morgan fingerprint density at radius 3 is 2.57 bits per heavy atom. The van der Waals surface area contributed by atoms with Crippen LogP contribution in [-0.4, -0.2) is 33.6 Å². The lowest BCUT2D eigenvalue weighted by Gasteiger charge is -2.30. The number of aliphatic hydroxyl groups is 1. The summed E-state index contributed by atoms with van der Waals surface area (Å²) in [5, 5.41) is 21.5. The number of aryl methyl sites for hydroxylation is 1. The average molecular weight is 404 g/mol. The molecule has 7 nitrogen and oxygen atoms in total. The molecule has 1 unspecified atom stereocenters. The molecule has 1 saturated carbocycles. The molecule has 8 heteroatoms. The molecule has 2 aromatic rings. The van der Waals surface area contributed by atoms with E-state index in [0.717, 1.165) is 35.5 Å². The fourth-order valence-electron chi connectivity index (χ4n) is 3.19. The minimum absolute atomic E-state index is 0.130. The minimum Gasteiger partial charge on any atom is -0.477 e. The molecular formula is C20H25N3O4S. The van der Waals surface area contributed by atoms with Crippen LogP contribution in [0.1, 0.15) is 59.0 Å². The molecule has 0 bridgehead atoms. The van der Waals surface area contributed by atoms with Gasteiger partial charge in [-0.3, -0.25) is 4.79 Å². The number of hydrogen-bond acceptors (Lipinski definition) is 6. The van der Waals surface area contributed by atoms with Crippen molar-refractivity contribution in [1.29, 1.82) is 0 Å². The number of amides is 1. The molecule has 1 aliphatic carbocycles. The first-order valence-electron chi connectivity index (χ1n) is 9.46. The van der Waals surface area contributed by atoms with Crippen LogP contribution < -0.4 is 10.4 Å². The molecule has 3 rings (SSSR count). The zero-order chi connectivity index (χ0) is 20.1.